The van der Waals surface area contributed by atoms with Crippen molar-refractivity contribution in [3.05, 3.63) is 54.1 Å². The maximum Gasteiger partial charge on any atom is 0.261 e. The van der Waals surface area contributed by atoms with Gasteiger partial charge in [0.2, 0.25) is 5.91 Å². The third kappa shape index (κ3) is 4.52. The van der Waals surface area contributed by atoms with Crippen LogP contribution in [0, 0.1) is 0 Å². The van der Waals surface area contributed by atoms with Crippen LogP contribution >= 0.6 is 0 Å². The van der Waals surface area contributed by atoms with Crippen molar-refractivity contribution in [2.75, 3.05) is 35.8 Å². The van der Waals surface area contributed by atoms with Gasteiger partial charge in [-0.1, -0.05) is 19.1 Å². The lowest BCUT2D eigenvalue weighted by atomic mass is 9.98. The fourth-order valence-electron chi connectivity index (χ4n) is 4.39. The molecule has 160 valence electrons. The second-order valence-corrected chi connectivity index (χ2v) is 9.84. The van der Waals surface area contributed by atoms with Crippen molar-refractivity contribution in [1.29, 1.82) is 0 Å². The summed E-state index contributed by atoms with van der Waals surface area (Å²) in [5.74, 6) is 0.604. The highest BCUT2D eigenvalue weighted by Crippen LogP contribution is 2.29. The number of sulfonamides is 1. The number of anilines is 2. The Labute approximate surface area is 178 Å². The van der Waals surface area contributed by atoms with Gasteiger partial charge in [-0.3, -0.25) is 9.52 Å². The van der Waals surface area contributed by atoms with Gasteiger partial charge in [0.25, 0.3) is 10.0 Å². The highest BCUT2D eigenvalue weighted by molar-refractivity contribution is 7.92. The Hall–Kier alpha value is -2.38. The van der Waals surface area contributed by atoms with Gasteiger partial charge in [0.05, 0.1) is 4.90 Å². The van der Waals surface area contributed by atoms with Crippen LogP contribution in [0.5, 0.6) is 0 Å². The molecule has 2 heterocycles. The Morgan fingerprint density at radius 1 is 1.03 bits per heavy atom. The van der Waals surface area contributed by atoms with E-state index < -0.39 is 10.0 Å². The molecule has 2 aromatic rings. The van der Waals surface area contributed by atoms with Crippen LogP contribution in [0.1, 0.15) is 44.1 Å². The summed E-state index contributed by atoms with van der Waals surface area (Å²) in [6.45, 7) is 6.23. The number of amides is 1. The smallest absolute Gasteiger partial charge is 0.261 e. The Morgan fingerprint density at radius 2 is 1.77 bits per heavy atom. The van der Waals surface area contributed by atoms with E-state index in [0.29, 0.717) is 24.6 Å². The largest absolute Gasteiger partial charge is 0.312 e. The van der Waals surface area contributed by atoms with Gasteiger partial charge in [0.1, 0.15) is 0 Å². The van der Waals surface area contributed by atoms with Crippen LogP contribution in [-0.2, 0) is 14.8 Å². The minimum Gasteiger partial charge on any atom is -0.312 e. The topological polar surface area (TPSA) is 69.7 Å². The van der Waals surface area contributed by atoms with E-state index in [4.69, 9.17) is 0 Å². The van der Waals surface area contributed by atoms with E-state index in [0.717, 1.165) is 38.2 Å². The van der Waals surface area contributed by atoms with Crippen molar-refractivity contribution in [3.8, 4) is 0 Å². The molecule has 4 rings (SSSR count). The molecule has 0 aliphatic carbocycles. The van der Waals surface area contributed by atoms with Crippen LogP contribution in [0.4, 0.5) is 11.4 Å². The molecular formula is C23H29N3O3S. The van der Waals surface area contributed by atoms with Crippen molar-refractivity contribution in [2.45, 2.75) is 43.4 Å². The van der Waals surface area contributed by atoms with Gasteiger partial charge in [-0.15, -0.1) is 0 Å². The molecule has 7 heteroatoms. The first-order chi connectivity index (χ1) is 14.5. The van der Waals surface area contributed by atoms with Gasteiger partial charge in [0, 0.05) is 30.9 Å². The number of hydrogen-bond donors (Lipinski definition) is 1. The lowest BCUT2D eigenvalue weighted by Gasteiger charge is -2.16. The van der Waals surface area contributed by atoms with Gasteiger partial charge in [-0.05, 0) is 80.2 Å². The summed E-state index contributed by atoms with van der Waals surface area (Å²) < 4.78 is 28.2. The fraction of sp³-hybridized carbons (Fsp3) is 0.435. The molecule has 2 aliphatic rings. The molecule has 0 unspecified atom stereocenters. The molecule has 2 fully saturated rings. The summed E-state index contributed by atoms with van der Waals surface area (Å²) in [4.78, 5) is 16.2. The number of rotatable bonds is 7. The quantitative estimate of drug-likeness (QED) is 0.729. The molecule has 2 aliphatic heterocycles. The molecule has 6 nitrogen and oxygen atoms in total. The van der Waals surface area contributed by atoms with Crippen molar-refractivity contribution < 1.29 is 13.2 Å². The highest BCUT2D eigenvalue weighted by Gasteiger charge is 2.24. The lowest BCUT2D eigenvalue weighted by Crippen LogP contribution is -2.23. The number of carbonyl (C=O) groups is 1. The summed E-state index contributed by atoms with van der Waals surface area (Å²) in [7, 11) is -3.68. The van der Waals surface area contributed by atoms with Crippen molar-refractivity contribution >= 4 is 27.3 Å². The molecule has 0 saturated carbocycles. The second-order valence-electron chi connectivity index (χ2n) is 8.16. The molecule has 2 saturated heterocycles. The maximum absolute atomic E-state index is 12.8. The first-order valence-corrected chi connectivity index (χ1v) is 12.2. The Bertz CT molecular complexity index is 987. The third-order valence-corrected chi connectivity index (χ3v) is 7.38. The zero-order valence-electron chi connectivity index (χ0n) is 17.4. The van der Waals surface area contributed by atoms with Gasteiger partial charge in [0.15, 0.2) is 0 Å². The van der Waals surface area contributed by atoms with Crippen molar-refractivity contribution in [2.24, 2.45) is 0 Å². The predicted octanol–water partition coefficient (Wildman–Crippen LogP) is 3.81. The van der Waals surface area contributed by atoms with E-state index in [9.17, 15) is 13.2 Å². The zero-order chi connectivity index (χ0) is 21.1. The minimum absolute atomic E-state index is 0.0869. The predicted molar refractivity (Wildman–Crippen MR) is 119 cm³/mol. The Kier molecular flexibility index (Phi) is 6.11. The first kappa shape index (κ1) is 20.9. The van der Waals surface area contributed by atoms with Crippen LogP contribution in [0.25, 0.3) is 0 Å². The molecule has 30 heavy (non-hydrogen) atoms. The van der Waals surface area contributed by atoms with Crippen LogP contribution < -0.4 is 9.62 Å². The van der Waals surface area contributed by atoms with E-state index in [1.165, 1.54) is 12.0 Å². The number of hydrogen-bond acceptors (Lipinski definition) is 4. The second kappa shape index (κ2) is 8.78. The van der Waals surface area contributed by atoms with Crippen molar-refractivity contribution in [3.63, 3.8) is 0 Å². The summed E-state index contributed by atoms with van der Waals surface area (Å²) in [6.07, 6.45) is 3.71. The number of benzene rings is 2. The summed E-state index contributed by atoms with van der Waals surface area (Å²) in [5.41, 5.74) is 2.56. The normalized spacial score (nSPS) is 20.1. The molecule has 0 bridgehead atoms. The summed E-state index contributed by atoms with van der Waals surface area (Å²) >= 11 is 0. The molecule has 2 aromatic carbocycles. The van der Waals surface area contributed by atoms with Crippen LogP contribution in [0.15, 0.2) is 53.4 Å². The summed E-state index contributed by atoms with van der Waals surface area (Å²) in [5, 5.41) is 0. The monoisotopic (exact) mass is 427 g/mol. The molecule has 0 aromatic heterocycles. The van der Waals surface area contributed by atoms with Crippen LogP contribution in [0.2, 0.25) is 0 Å². The number of likely N-dealkylation sites (tertiary alicyclic amines) is 1. The minimum atomic E-state index is -3.68. The molecule has 1 N–H and O–H groups in total. The molecule has 0 radical (unpaired) electrons. The van der Waals surface area contributed by atoms with Crippen LogP contribution in [-0.4, -0.2) is 45.4 Å². The van der Waals surface area contributed by atoms with E-state index in [2.05, 4.69) is 16.5 Å². The van der Waals surface area contributed by atoms with E-state index in [1.807, 2.05) is 24.3 Å². The lowest BCUT2D eigenvalue weighted by molar-refractivity contribution is -0.117. The third-order valence-electron chi connectivity index (χ3n) is 5.98. The van der Waals surface area contributed by atoms with Crippen molar-refractivity contribution in [1.82, 2.24) is 4.90 Å². The number of nitrogens with one attached hydrogen (secondary N) is 1. The van der Waals surface area contributed by atoms with Gasteiger partial charge >= 0.3 is 0 Å². The molecule has 1 atom stereocenters. The highest BCUT2D eigenvalue weighted by atomic mass is 32.2. The van der Waals surface area contributed by atoms with Gasteiger partial charge in [-0.25, -0.2) is 8.42 Å². The van der Waals surface area contributed by atoms with Gasteiger partial charge in [-0.2, -0.15) is 0 Å². The van der Waals surface area contributed by atoms with Crippen LogP contribution in [0.3, 0.4) is 0 Å². The van der Waals surface area contributed by atoms with E-state index in [1.54, 1.807) is 29.2 Å². The Morgan fingerprint density at radius 3 is 2.40 bits per heavy atom. The van der Waals surface area contributed by atoms with E-state index >= 15 is 0 Å². The SMILES string of the molecule is CCCN1CC[C@@H](c2ccc(NS(=O)(=O)c3ccc(N4CCCC4=O)cc3)cc2)C1. The Balaban J connectivity index is 1.41. The molecule has 0 spiro atoms. The zero-order valence-corrected chi connectivity index (χ0v) is 18.2. The average molecular weight is 428 g/mol. The molecular weight excluding hydrogens is 398 g/mol. The standard InChI is InChI=1S/C23H29N3O3S/c1-2-14-25-16-13-19(17-25)18-5-7-20(8-6-18)24-30(28,29)22-11-9-21(10-12-22)26-15-3-4-23(26)27/h5-12,19,24H,2-4,13-17H2,1H3/t19-/m1/s1. The van der Waals surface area contributed by atoms with E-state index in [-0.39, 0.29) is 10.8 Å². The summed E-state index contributed by atoms with van der Waals surface area (Å²) in [6, 6.07) is 14.2. The average Bonchev–Trinajstić information content (AvgIpc) is 3.38. The fourth-order valence-corrected chi connectivity index (χ4v) is 5.45. The number of carbonyl (C=O) groups excluding carboxylic acids is 1. The van der Waals surface area contributed by atoms with Gasteiger partial charge < -0.3 is 9.80 Å². The number of nitrogens with zero attached hydrogens (tertiary/aromatic N) is 2. The molecule has 1 amide bonds. The first-order valence-electron chi connectivity index (χ1n) is 10.7. The maximum atomic E-state index is 12.8.